The SMILES string of the molecule is CC/C=C/C=C/C=C/C=C/CCCCCC(=O)OC(COC(=O)CCCCCCCCC/C=C/C/C=C/C/C=C/C/C=C/CC)COP(=O)(O)OC1C(O)C(O)C(O)[C@H](O)C1O. The highest BCUT2D eigenvalue weighted by Crippen LogP contribution is 2.47. The Balaban J connectivity index is 2.48. The van der Waals surface area contributed by atoms with Gasteiger partial charge in [0.05, 0.1) is 6.61 Å². The van der Waals surface area contributed by atoms with Gasteiger partial charge in [-0.2, -0.15) is 0 Å². The number of phosphoric acid groups is 1. The zero-order chi connectivity index (χ0) is 45.7. The molecule has 0 saturated heterocycles. The van der Waals surface area contributed by atoms with Gasteiger partial charge in [0.1, 0.15) is 43.2 Å². The van der Waals surface area contributed by atoms with Crippen LogP contribution in [0.2, 0.25) is 0 Å². The third kappa shape index (κ3) is 29.2. The fourth-order valence-corrected chi connectivity index (χ4v) is 7.14. The topological polar surface area (TPSA) is 210 Å². The molecule has 62 heavy (non-hydrogen) atoms. The number of rotatable bonds is 35. The Morgan fingerprint density at radius 2 is 0.952 bits per heavy atom. The minimum atomic E-state index is -5.14. The molecule has 0 radical (unpaired) electrons. The number of aliphatic hydroxyl groups excluding tert-OH is 5. The first kappa shape index (κ1) is 56.8. The van der Waals surface area contributed by atoms with Crippen molar-refractivity contribution in [2.75, 3.05) is 13.2 Å². The Morgan fingerprint density at radius 1 is 0.516 bits per heavy atom. The molecule has 1 aliphatic carbocycles. The highest BCUT2D eigenvalue weighted by Gasteiger charge is 2.51. The number of hydrogen-bond donors (Lipinski definition) is 6. The molecular weight excluding hydrogens is 815 g/mol. The van der Waals surface area contributed by atoms with Crippen LogP contribution in [-0.4, -0.2) is 98.3 Å². The second kappa shape index (κ2) is 37.2. The number of carbonyl (C=O) groups is 2. The van der Waals surface area contributed by atoms with Crippen molar-refractivity contribution >= 4 is 19.8 Å². The van der Waals surface area contributed by atoms with Crippen LogP contribution in [0.5, 0.6) is 0 Å². The number of phosphoric ester groups is 1. The first-order valence-electron chi connectivity index (χ1n) is 22.6. The normalized spacial score (nSPS) is 22.8. The van der Waals surface area contributed by atoms with Crippen LogP contribution in [0.15, 0.2) is 97.2 Å². The molecule has 0 heterocycles. The number of esters is 2. The molecular formula is C48H77O13P. The van der Waals surface area contributed by atoms with Gasteiger partial charge in [0.25, 0.3) is 0 Å². The summed E-state index contributed by atoms with van der Waals surface area (Å²) in [6.45, 7) is 2.98. The molecule has 7 unspecified atom stereocenters. The van der Waals surface area contributed by atoms with Crippen molar-refractivity contribution in [2.24, 2.45) is 0 Å². The number of unbranched alkanes of at least 4 members (excludes halogenated alkanes) is 10. The molecule has 0 bridgehead atoms. The first-order chi connectivity index (χ1) is 29.9. The summed E-state index contributed by atoms with van der Waals surface area (Å²) in [6, 6.07) is 0. The van der Waals surface area contributed by atoms with Crippen molar-refractivity contribution in [3.63, 3.8) is 0 Å². The van der Waals surface area contributed by atoms with Crippen LogP contribution in [0.1, 0.15) is 136 Å². The van der Waals surface area contributed by atoms with E-state index in [1.807, 2.05) is 42.5 Å². The average molecular weight is 893 g/mol. The van der Waals surface area contributed by atoms with E-state index in [1.54, 1.807) is 0 Å². The van der Waals surface area contributed by atoms with Crippen molar-refractivity contribution in [3.05, 3.63) is 97.2 Å². The van der Waals surface area contributed by atoms with E-state index < -0.39 is 75.7 Å². The minimum absolute atomic E-state index is 0.0421. The molecule has 0 aromatic carbocycles. The Morgan fingerprint density at radius 3 is 1.53 bits per heavy atom. The molecule has 1 rings (SSSR count). The third-order valence-electron chi connectivity index (χ3n) is 9.77. The van der Waals surface area contributed by atoms with Gasteiger partial charge in [-0.15, -0.1) is 0 Å². The average Bonchev–Trinajstić information content (AvgIpc) is 3.25. The monoisotopic (exact) mass is 893 g/mol. The van der Waals surface area contributed by atoms with Crippen molar-refractivity contribution in [2.45, 2.75) is 179 Å². The summed E-state index contributed by atoms with van der Waals surface area (Å²) in [4.78, 5) is 35.7. The minimum Gasteiger partial charge on any atom is -0.462 e. The van der Waals surface area contributed by atoms with Gasteiger partial charge in [0, 0.05) is 12.8 Å². The Hall–Kier alpha value is -3.23. The molecule has 0 aliphatic heterocycles. The van der Waals surface area contributed by atoms with Gasteiger partial charge in [-0.1, -0.05) is 150 Å². The molecule has 0 aromatic rings. The Labute approximate surface area is 370 Å². The summed E-state index contributed by atoms with van der Waals surface area (Å²) in [5.41, 5.74) is 0. The lowest BCUT2D eigenvalue weighted by Gasteiger charge is -2.41. The highest BCUT2D eigenvalue weighted by molar-refractivity contribution is 7.47. The number of hydrogen-bond acceptors (Lipinski definition) is 12. The van der Waals surface area contributed by atoms with Crippen LogP contribution >= 0.6 is 7.82 Å². The van der Waals surface area contributed by atoms with Gasteiger partial charge in [-0.3, -0.25) is 18.6 Å². The van der Waals surface area contributed by atoms with E-state index in [0.717, 1.165) is 96.3 Å². The molecule has 13 nitrogen and oxygen atoms in total. The lowest BCUT2D eigenvalue weighted by molar-refractivity contribution is -0.220. The van der Waals surface area contributed by atoms with Gasteiger partial charge in [-0.05, 0) is 70.6 Å². The zero-order valence-corrected chi connectivity index (χ0v) is 38.0. The predicted octanol–water partition coefficient (Wildman–Crippen LogP) is 8.66. The largest absolute Gasteiger partial charge is 0.472 e. The fraction of sp³-hybridized carbons (Fsp3) is 0.625. The van der Waals surface area contributed by atoms with E-state index in [2.05, 4.69) is 68.5 Å². The summed E-state index contributed by atoms with van der Waals surface area (Å²) in [5.74, 6) is -1.17. The molecule has 1 aliphatic rings. The second-order valence-electron chi connectivity index (χ2n) is 15.2. The Kier molecular flexibility index (Phi) is 34.0. The third-order valence-corrected chi connectivity index (χ3v) is 10.8. The van der Waals surface area contributed by atoms with Gasteiger partial charge >= 0.3 is 19.8 Å². The highest BCUT2D eigenvalue weighted by atomic mass is 31.2. The smallest absolute Gasteiger partial charge is 0.462 e. The predicted molar refractivity (Wildman–Crippen MR) is 244 cm³/mol. The van der Waals surface area contributed by atoms with Crippen LogP contribution in [0, 0.1) is 0 Å². The van der Waals surface area contributed by atoms with Crippen LogP contribution < -0.4 is 0 Å². The first-order valence-corrected chi connectivity index (χ1v) is 24.1. The van der Waals surface area contributed by atoms with Crippen LogP contribution in [0.3, 0.4) is 0 Å². The lowest BCUT2D eigenvalue weighted by Crippen LogP contribution is -2.64. The zero-order valence-electron chi connectivity index (χ0n) is 37.1. The Bertz CT molecular complexity index is 1450. The van der Waals surface area contributed by atoms with Crippen LogP contribution in [0.25, 0.3) is 0 Å². The van der Waals surface area contributed by atoms with E-state index in [9.17, 15) is 44.6 Å². The van der Waals surface area contributed by atoms with E-state index in [1.165, 1.54) is 0 Å². The maximum absolute atomic E-state index is 12.8. The van der Waals surface area contributed by atoms with E-state index in [4.69, 9.17) is 18.5 Å². The molecule has 0 amide bonds. The summed E-state index contributed by atoms with van der Waals surface area (Å²) in [5, 5.41) is 50.1. The quantitative estimate of drug-likeness (QED) is 0.0116. The summed E-state index contributed by atoms with van der Waals surface area (Å²) >= 11 is 0. The van der Waals surface area contributed by atoms with Crippen LogP contribution in [-0.2, 0) is 32.7 Å². The summed E-state index contributed by atoms with van der Waals surface area (Å²) in [6.07, 6.45) is 36.1. The van der Waals surface area contributed by atoms with Crippen LogP contribution in [0.4, 0.5) is 0 Å². The molecule has 1 saturated carbocycles. The lowest BCUT2D eigenvalue weighted by atomic mass is 9.85. The van der Waals surface area contributed by atoms with Crippen molar-refractivity contribution < 1.29 is 63.1 Å². The molecule has 6 N–H and O–H groups in total. The maximum atomic E-state index is 12.8. The molecule has 0 aromatic heterocycles. The van der Waals surface area contributed by atoms with E-state index in [0.29, 0.717) is 12.8 Å². The molecule has 0 spiro atoms. The summed E-state index contributed by atoms with van der Waals surface area (Å²) < 4.78 is 33.4. The van der Waals surface area contributed by atoms with Gasteiger partial charge in [0.2, 0.25) is 0 Å². The maximum Gasteiger partial charge on any atom is 0.472 e. The summed E-state index contributed by atoms with van der Waals surface area (Å²) in [7, 11) is -5.14. The molecule has 8 atom stereocenters. The molecule has 1 fully saturated rings. The van der Waals surface area contributed by atoms with Crippen molar-refractivity contribution in [1.82, 2.24) is 0 Å². The fourth-order valence-electron chi connectivity index (χ4n) is 6.17. The number of carbonyl (C=O) groups excluding carboxylic acids is 2. The molecule has 352 valence electrons. The van der Waals surface area contributed by atoms with Gasteiger partial charge in [-0.25, -0.2) is 4.57 Å². The number of aliphatic hydroxyl groups is 5. The van der Waals surface area contributed by atoms with E-state index in [-0.39, 0.29) is 12.8 Å². The van der Waals surface area contributed by atoms with Crippen molar-refractivity contribution in [1.29, 1.82) is 0 Å². The number of allylic oxidation sites excluding steroid dienone is 16. The standard InChI is InChI=1S/C48H77O13P/c1-3-5-7-9-11-13-15-17-18-19-20-21-22-23-25-26-28-30-32-34-36-41(49)58-38-40(39-59-62(56,57)61-48-46(54)44(52)43(51)45(53)47(48)55)60-42(50)37-35-33-31-29-27-24-16-14-12-10-8-6-4-2/h5-8,10-14,16-18,20-21,24,27,40,43-48,51-55H,3-4,9,15,19,22-23,25-26,28-39H2,1-2H3,(H,56,57)/b7-5+,8-6+,12-10+,13-11+,16-14+,18-17+,21-20+,27-24+/t40?,43?,44-,45?,46?,47?,48?/m0/s1. The second-order valence-corrected chi connectivity index (χ2v) is 16.6. The van der Waals surface area contributed by atoms with Gasteiger partial charge in [0.15, 0.2) is 6.10 Å². The van der Waals surface area contributed by atoms with Crippen molar-refractivity contribution in [3.8, 4) is 0 Å². The van der Waals surface area contributed by atoms with E-state index >= 15 is 0 Å². The number of ether oxygens (including phenoxy) is 2. The van der Waals surface area contributed by atoms with Gasteiger partial charge < -0.3 is 39.9 Å². The molecule has 14 heteroatoms.